The van der Waals surface area contributed by atoms with E-state index in [4.69, 9.17) is 23.7 Å². The maximum absolute atomic E-state index is 11.1. The Labute approximate surface area is 191 Å². The molecule has 1 N–H and O–H groups in total. The van der Waals surface area contributed by atoms with Crippen molar-refractivity contribution in [3.63, 3.8) is 0 Å². The van der Waals surface area contributed by atoms with Gasteiger partial charge in [0.2, 0.25) is 0 Å². The van der Waals surface area contributed by atoms with E-state index in [0.29, 0.717) is 25.4 Å². The third-order valence-electron chi connectivity index (χ3n) is 7.72. The van der Waals surface area contributed by atoms with Crippen molar-refractivity contribution < 1.29 is 33.6 Å². The summed E-state index contributed by atoms with van der Waals surface area (Å²) in [4.78, 5) is 10.8. The molecule has 0 aromatic carbocycles. The first kappa shape index (κ1) is 24.3. The minimum Gasteiger partial charge on any atom is -0.390 e. The van der Waals surface area contributed by atoms with Crippen LogP contribution in [-0.4, -0.2) is 72.6 Å². The van der Waals surface area contributed by atoms with Gasteiger partial charge >= 0.3 is 0 Å². The fourth-order valence-corrected chi connectivity index (χ4v) is 5.81. The van der Waals surface area contributed by atoms with Crippen molar-refractivity contribution >= 4 is 6.29 Å². The number of aliphatic hydroxyl groups is 1. The largest absolute Gasteiger partial charge is 0.390 e. The Balaban J connectivity index is 1.44. The molecule has 182 valence electrons. The Hall–Kier alpha value is -0.830. The van der Waals surface area contributed by atoms with E-state index in [1.807, 2.05) is 20.8 Å². The Bertz CT molecular complexity index is 679. The second kappa shape index (κ2) is 9.80. The molecule has 7 heteroatoms. The van der Waals surface area contributed by atoms with Crippen LogP contribution in [0.3, 0.4) is 0 Å². The van der Waals surface area contributed by atoms with E-state index in [0.717, 1.165) is 37.5 Å². The van der Waals surface area contributed by atoms with Crippen molar-refractivity contribution in [2.24, 2.45) is 11.8 Å². The van der Waals surface area contributed by atoms with Gasteiger partial charge in [-0.2, -0.15) is 0 Å². The van der Waals surface area contributed by atoms with Crippen LogP contribution in [0.1, 0.15) is 66.2 Å². The first-order valence-corrected chi connectivity index (χ1v) is 12.3. The molecule has 0 aromatic rings. The Kier molecular flexibility index (Phi) is 7.45. The fourth-order valence-electron chi connectivity index (χ4n) is 5.81. The summed E-state index contributed by atoms with van der Waals surface area (Å²) < 4.78 is 31.2. The molecular formula is C25H40O7. The van der Waals surface area contributed by atoms with Crippen LogP contribution in [0.2, 0.25) is 0 Å². The monoisotopic (exact) mass is 452 g/mol. The van der Waals surface area contributed by atoms with Gasteiger partial charge in [-0.1, -0.05) is 20.4 Å². The number of carbonyl (C=O) groups excluding carboxylic acids is 1. The Morgan fingerprint density at radius 1 is 1.12 bits per heavy atom. The predicted octanol–water partition coefficient (Wildman–Crippen LogP) is 3.17. The smallest absolute Gasteiger partial charge is 0.163 e. The van der Waals surface area contributed by atoms with Crippen molar-refractivity contribution in [1.82, 2.24) is 0 Å². The van der Waals surface area contributed by atoms with Crippen LogP contribution in [0.15, 0.2) is 12.2 Å². The molecule has 0 radical (unpaired) electrons. The van der Waals surface area contributed by atoms with Crippen molar-refractivity contribution in [1.29, 1.82) is 0 Å². The normalized spacial score (nSPS) is 46.6. The molecule has 7 nitrogen and oxygen atoms in total. The zero-order valence-electron chi connectivity index (χ0n) is 19.9. The standard InChI is InChI=1S/C25H40O7/c1-14-11-17(7-6-9-26)29-19(15(14)2)12-21-23(27)16(3)24-22(30-21)13-20-18(31-24)8-10-28-25(4,5)32-20/h9,14,16-24,27H,2,6-8,10-13H2,1,3-5H3/t14-,16-,17+,18-,19?,20-,21+,22+,23-,24+/m1/s1. The topological polar surface area (TPSA) is 83.5 Å². The molecule has 32 heavy (non-hydrogen) atoms. The van der Waals surface area contributed by atoms with Crippen LogP contribution in [0, 0.1) is 11.8 Å². The molecular weight excluding hydrogens is 412 g/mol. The lowest BCUT2D eigenvalue weighted by molar-refractivity contribution is -0.294. The number of rotatable bonds is 5. The van der Waals surface area contributed by atoms with Gasteiger partial charge in [0.05, 0.1) is 55.4 Å². The zero-order chi connectivity index (χ0) is 23.0. The lowest BCUT2D eigenvalue weighted by Crippen LogP contribution is -2.61. The third-order valence-corrected chi connectivity index (χ3v) is 7.72. The Morgan fingerprint density at radius 2 is 1.91 bits per heavy atom. The lowest BCUT2D eigenvalue weighted by atomic mass is 9.79. The maximum atomic E-state index is 11.1. The van der Waals surface area contributed by atoms with Crippen LogP contribution in [0.5, 0.6) is 0 Å². The minimum absolute atomic E-state index is 0.0389. The lowest BCUT2D eigenvalue weighted by Gasteiger charge is -2.50. The first-order valence-electron chi connectivity index (χ1n) is 12.3. The number of hydrogen-bond donors (Lipinski definition) is 1. The average molecular weight is 453 g/mol. The summed E-state index contributed by atoms with van der Waals surface area (Å²) in [6.45, 7) is 12.9. The van der Waals surface area contributed by atoms with Crippen LogP contribution in [0.25, 0.3) is 0 Å². The third kappa shape index (κ3) is 5.13. The number of hydrogen-bond acceptors (Lipinski definition) is 7. The van der Waals surface area contributed by atoms with Gasteiger partial charge in [-0.15, -0.1) is 0 Å². The molecule has 4 fully saturated rings. The van der Waals surface area contributed by atoms with Crippen LogP contribution < -0.4 is 0 Å². The second-order valence-electron chi connectivity index (χ2n) is 10.6. The van der Waals surface area contributed by atoms with Gasteiger partial charge in [0.1, 0.15) is 6.29 Å². The van der Waals surface area contributed by atoms with Crippen LogP contribution in [0.4, 0.5) is 0 Å². The van der Waals surface area contributed by atoms with Gasteiger partial charge in [-0.25, -0.2) is 0 Å². The van der Waals surface area contributed by atoms with E-state index in [1.165, 1.54) is 0 Å². The summed E-state index contributed by atoms with van der Waals surface area (Å²) in [6.07, 6.45) is 3.50. The van der Waals surface area contributed by atoms with Crippen molar-refractivity contribution in [3.8, 4) is 0 Å². The molecule has 1 unspecified atom stereocenters. The minimum atomic E-state index is -0.644. The van der Waals surface area contributed by atoms with Crippen LogP contribution >= 0.6 is 0 Å². The summed E-state index contributed by atoms with van der Waals surface area (Å²) in [6, 6.07) is 0. The molecule has 0 bridgehead atoms. The van der Waals surface area contributed by atoms with Crippen molar-refractivity contribution in [2.75, 3.05) is 6.61 Å². The predicted molar refractivity (Wildman–Crippen MR) is 118 cm³/mol. The summed E-state index contributed by atoms with van der Waals surface area (Å²) in [5.41, 5.74) is 1.05. The number of fused-ring (bicyclic) bond motifs is 2. The van der Waals surface area contributed by atoms with Gasteiger partial charge in [0.25, 0.3) is 0 Å². The molecule has 4 aliphatic heterocycles. The van der Waals surface area contributed by atoms with E-state index in [2.05, 4.69) is 13.5 Å². The highest BCUT2D eigenvalue weighted by atomic mass is 16.7. The van der Waals surface area contributed by atoms with Gasteiger partial charge in [-0.05, 0) is 44.6 Å². The molecule has 4 rings (SSSR count). The molecule has 0 saturated carbocycles. The SMILES string of the molecule is C=C1C(C[C@@H]2O[C@H]3C[C@H]4OC(C)(C)OCC[C@H]4O[C@H]3[C@H](C)[C@H]2O)O[C@@H](CCC=O)C[C@H]1C. The van der Waals surface area contributed by atoms with Gasteiger partial charge < -0.3 is 33.6 Å². The Morgan fingerprint density at radius 3 is 2.66 bits per heavy atom. The van der Waals surface area contributed by atoms with Crippen molar-refractivity contribution in [2.45, 2.75) is 121 Å². The van der Waals surface area contributed by atoms with Gasteiger partial charge in [-0.3, -0.25) is 0 Å². The van der Waals surface area contributed by atoms with E-state index < -0.39 is 11.9 Å². The number of carbonyl (C=O) groups is 1. The number of aldehydes is 1. The second-order valence-corrected chi connectivity index (χ2v) is 10.6. The number of aliphatic hydroxyl groups excluding tert-OH is 1. The van der Waals surface area contributed by atoms with Gasteiger partial charge in [0.15, 0.2) is 5.79 Å². The highest BCUT2D eigenvalue weighted by Crippen LogP contribution is 2.42. The average Bonchev–Trinajstić information content (AvgIpc) is 2.88. The van der Waals surface area contributed by atoms with E-state index in [9.17, 15) is 9.90 Å². The summed E-state index contributed by atoms with van der Waals surface area (Å²) in [7, 11) is 0. The highest BCUT2D eigenvalue weighted by Gasteiger charge is 2.51. The number of ether oxygens (including phenoxy) is 5. The van der Waals surface area contributed by atoms with Crippen LogP contribution in [-0.2, 0) is 28.5 Å². The molecule has 0 amide bonds. The van der Waals surface area contributed by atoms with E-state index in [-0.39, 0.29) is 48.6 Å². The zero-order valence-corrected chi connectivity index (χ0v) is 19.9. The fraction of sp³-hybridized carbons (Fsp3) is 0.880. The van der Waals surface area contributed by atoms with E-state index in [1.54, 1.807) is 0 Å². The molecule has 10 atom stereocenters. The quantitative estimate of drug-likeness (QED) is 0.507. The molecule has 4 aliphatic rings. The van der Waals surface area contributed by atoms with E-state index >= 15 is 0 Å². The summed E-state index contributed by atoms with van der Waals surface area (Å²) in [5, 5.41) is 11.1. The van der Waals surface area contributed by atoms with Crippen molar-refractivity contribution in [3.05, 3.63) is 12.2 Å². The molecule has 0 aromatic heterocycles. The van der Waals surface area contributed by atoms with Gasteiger partial charge in [0, 0.05) is 25.2 Å². The molecule has 0 spiro atoms. The molecule has 4 heterocycles. The summed E-state index contributed by atoms with van der Waals surface area (Å²) >= 11 is 0. The first-order chi connectivity index (χ1) is 15.2. The maximum Gasteiger partial charge on any atom is 0.163 e. The molecule has 4 saturated heterocycles. The molecule has 0 aliphatic carbocycles. The summed E-state index contributed by atoms with van der Waals surface area (Å²) in [5.74, 6) is -0.386. The highest BCUT2D eigenvalue weighted by molar-refractivity contribution is 5.49.